The molecular formula is C10H15N3O2. The molecule has 5 heteroatoms. The molecule has 1 aromatic heterocycles. The summed E-state index contributed by atoms with van der Waals surface area (Å²) in [6.45, 7) is 3.32. The van der Waals surface area contributed by atoms with Gasteiger partial charge in [0.25, 0.3) is 0 Å². The Balaban J connectivity index is 3.26. The second-order valence-electron chi connectivity index (χ2n) is 3.38. The Morgan fingerprint density at radius 1 is 1.13 bits per heavy atom. The minimum atomic E-state index is -0.202. The molecule has 0 aliphatic heterocycles. The van der Waals surface area contributed by atoms with Crippen LogP contribution in [0.5, 0.6) is 0 Å². The lowest BCUT2D eigenvalue weighted by atomic mass is 10.0. The Hall–Kier alpha value is -1.46. The zero-order valence-electron chi connectivity index (χ0n) is 8.89. The van der Waals surface area contributed by atoms with Crippen LogP contribution in [-0.4, -0.2) is 29.6 Å². The highest BCUT2D eigenvalue weighted by Crippen LogP contribution is 2.18. The van der Waals surface area contributed by atoms with Gasteiger partial charge in [-0.1, -0.05) is 0 Å². The SMILES string of the molecule is Cc1[nH]c(C(=O)CN)c(C)c1C(=O)CN. The molecule has 5 N–H and O–H groups in total. The molecular weight excluding hydrogens is 194 g/mol. The molecule has 0 aromatic carbocycles. The highest BCUT2D eigenvalue weighted by Gasteiger charge is 2.19. The van der Waals surface area contributed by atoms with Gasteiger partial charge >= 0.3 is 0 Å². The van der Waals surface area contributed by atoms with Gasteiger partial charge in [0.05, 0.1) is 18.8 Å². The fourth-order valence-corrected chi connectivity index (χ4v) is 1.65. The molecule has 0 fully saturated rings. The number of H-pyrrole nitrogens is 1. The summed E-state index contributed by atoms with van der Waals surface area (Å²) < 4.78 is 0. The lowest BCUT2D eigenvalue weighted by molar-refractivity contribution is 0.0994. The summed E-state index contributed by atoms with van der Waals surface area (Å²) in [5.74, 6) is -0.371. The molecule has 5 nitrogen and oxygen atoms in total. The van der Waals surface area contributed by atoms with E-state index in [0.717, 1.165) is 0 Å². The summed E-state index contributed by atoms with van der Waals surface area (Å²) >= 11 is 0. The normalized spacial score (nSPS) is 10.4. The van der Waals surface area contributed by atoms with Gasteiger partial charge in [0.1, 0.15) is 0 Å². The third-order valence-electron chi connectivity index (χ3n) is 2.37. The summed E-state index contributed by atoms with van der Waals surface area (Å²) in [6.07, 6.45) is 0. The van der Waals surface area contributed by atoms with Crippen molar-refractivity contribution in [1.29, 1.82) is 0 Å². The van der Waals surface area contributed by atoms with E-state index < -0.39 is 0 Å². The molecule has 0 unspecified atom stereocenters. The number of hydrogen-bond acceptors (Lipinski definition) is 4. The van der Waals surface area contributed by atoms with Gasteiger partial charge in [-0.15, -0.1) is 0 Å². The van der Waals surface area contributed by atoms with Crippen molar-refractivity contribution in [2.45, 2.75) is 13.8 Å². The maximum Gasteiger partial charge on any atom is 0.192 e. The van der Waals surface area contributed by atoms with Crippen molar-refractivity contribution in [3.63, 3.8) is 0 Å². The summed E-state index contributed by atoms with van der Waals surface area (Å²) in [5.41, 5.74) is 12.8. The summed E-state index contributed by atoms with van der Waals surface area (Å²) in [6, 6.07) is 0. The van der Waals surface area contributed by atoms with Crippen molar-refractivity contribution in [3.05, 3.63) is 22.5 Å². The number of Topliss-reactive ketones (excluding diaryl/α,β-unsaturated/α-hetero) is 2. The number of hydrogen-bond donors (Lipinski definition) is 3. The van der Waals surface area contributed by atoms with Crippen molar-refractivity contribution in [2.75, 3.05) is 13.1 Å². The van der Waals surface area contributed by atoms with Crippen LogP contribution in [0.3, 0.4) is 0 Å². The maximum atomic E-state index is 11.5. The van der Waals surface area contributed by atoms with Crippen LogP contribution in [0.25, 0.3) is 0 Å². The van der Waals surface area contributed by atoms with Crippen molar-refractivity contribution in [1.82, 2.24) is 4.98 Å². The molecule has 0 saturated heterocycles. The lowest BCUT2D eigenvalue weighted by Crippen LogP contribution is -2.16. The molecule has 0 radical (unpaired) electrons. The van der Waals surface area contributed by atoms with Gasteiger partial charge in [0.2, 0.25) is 0 Å². The number of carbonyl (C=O) groups is 2. The largest absolute Gasteiger partial charge is 0.355 e. The van der Waals surface area contributed by atoms with E-state index in [1.54, 1.807) is 13.8 Å². The van der Waals surface area contributed by atoms with E-state index in [1.807, 2.05) is 0 Å². The van der Waals surface area contributed by atoms with Gasteiger partial charge in [0, 0.05) is 11.3 Å². The van der Waals surface area contributed by atoms with Crippen molar-refractivity contribution < 1.29 is 9.59 Å². The Bertz CT molecular complexity index is 407. The summed E-state index contributed by atoms with van der Waals surface area (Å²) in [5, 5.41) is 0. The van der Waals surface area contributed by atoms with Crippen LogP contribution in [0.1, 0.15) is 32.1 Å². The van der Waals surface area contributed by atoms with Crippen molar-refractivity contribution in [3.8, 4) is 0 Å². The number of rotatable bonds is 4. The van der Waals surface area contributed by atoms with Crippen LogP contribution < -0.4 is 11.5 Å². The van der Waals surface area contributed by atoms with Crippen LogP contribution in [0.2, 0.25) is 0 Å². The van der Waals surface area contributed by atoms with E-state index in [9.17, 15) is 9.59 Å². The standard InChI is InChI=1S/C10H15N3O2/c1-5-9(7(14)3-11)6(2)13-10(5)8(15)4-12/h13H,3-4,11-12H2,1-2H3. The second-order valence-corrected chi connectivity index (χ2v) is 3.38. The minimum absolute atomic E-state index is 0.0597. The maximum absolute atomic E-state index is 11.5. The quantitative estimate of drug-likeness (QED) is 0.603. The minimum Gasteiger partial charge on any atom is -0.355 e. The van der Waals surface area contributed by atoms with Crippen LogP contribution in [0, 0.1) is 13.8 Å². The molecule has 0 bridgehead atoms. The Morgan fingerprint density at radius 3 is 2.13 bits per heavy atom. The number of aromatic amines is 1. The zero-order chi connectivity index (χ0) is 11.6. The molecule has 0 saturated carbocycles. The van der Waals surface area contributed by atoms with Gasteiger partial charge < -0.3 is 16.5 Å². The molecule has 1 heterocycles. The zero-order valence-corrected chi connectivity index (χ0v) is 8.89. The molecule has 0 atom stereocenters. The van der Waals surface area contributed by atoms with Gasteiger partial charge in [-0.2, -0.15) is 0 Å². The van der Waals surface area contributed by atoms with Crippen LogP contribution in [0.4, 0.5) is 0 Å². The molecule has 1 aromatic rings. The van der Waals surface area contributed by atoms with Crippen LogP contribution in [0.15, 0.2) is 0 Å². The van der Waals surface area contributed by atoms with Gasteiger partial charge in [-0.25, -0.2) is 0 Å². The van der Waals surface area contributed by atoms with Crippen molar-refractivity contribution >= 4 is 11.6 Å². The second kappa shape index (κ2) is 4.37. The molecule has 0 amide bonds. The van der Waals surface area contributed by atoms with Crippen LogP contribution in [-0.2, 0) is 0 Å². The van der Waals surface area contributed by atoms with E-state index in [1.165, 1.54) is 0 Å². The van der Waals surface area contributed by atoms with E-state index in [-0.39, 0.29) is 24.7 Å². The van der Waals surface area contributed by atoms with Gasteiger partial charge in [-0.3, -0.25) is 9.59 Å². The number of ketones is 2. The fourth-order valence-electron chi connectivity index (χ4n) is 1.65. The number of aryl methyl sites for hydroxylation is 1. The van der Waals surface area contributed by atoms with E-state index in [0.29, 0.717) is 22.5 Å². The van der Waals surface area contributed by atoms with E-state index >= 15 is 0 Å². The van der Waals surface area contributed by atoms with Crippen LogP contribution >= 0.6 is 0 Å². The lowest BCUT2D eigenvalue weighted by Gasteiger charge is -1.98. The molecule has 1 rings (SSSR count). The Morgan fingerprint density at radius 2 is 1.67 bits per heavy atom. The van der Waals surface area contributed by atoms with E-state index in [2.05, 4.69) is 4.98 Å². The average molecular weight is 209 g/mol. The molecule has 0 aliphatic rings. The summed E-state index contributed by atoms with van der Waals surface area (Å²) in [4.78, 5) is 25.8. The smallest absolute Gasteiger partial charge is 0.192 e. The number of nitrogens with two attached hydrogens (primary N) is 2. The fraction of sp³-hybridized carbons (Fsp3) is 0.400. The first kappa shape index (κ1) is 11.6. The van der Waals surface area contributed by atoms with Gasteiger partial charge in [-0.05, 0) is 19.4 Å². The highest BCUT2D eigenvalue weighted by atomic mass is 16.1. The Kier molecular flexibility index (Phi) is 3.39. The van der Waals surface area contributed by atoms with E-state index in [4.69, 9.17) is 11.5 Å². The third kappa shape index (κ3) is 1.98. The average Bonchev–Trinajstić information content (AvgIpc) is 2.52. The molecule has 82 valence electrons. The molecule has 0 aliphatic carbocycles. The molecule has 15 heavy (non-hydrogen) atoms. The van der Waals surface area contributed by atoms with Gasteiger partial charge in [0.15, 0.2) is 11.6 Å². The first-order valence-corrected chi connectivity index (χ1v) is 4.68. The third-order valence-corrected chi connectivity index (χ3v) is 2.37. The Labute approximate surface area is 87.8 Å². The predicted molar refractivity (Wildman–Crippen MR) is 57.0 cm³/mol. The monoisotopic (exact) mass is 209 g/mol. The topological polar surface area (TPSA) is 102 Å². The summed E-state index contributed by atoms with van der Waals surface area (Å²) in [7, 11) is 0. The first-order valence-electron chi connectivity index (χ1n) is 4.68. The predicted octanol–water partition coefficient (Wildman–Crippen LogP) is -0.0857. The molecule has 0 spiro atoms. The first-order chi connectivity index (χ1) is 7.02. The number of carbonyl (C=O) groups excluding carboxylic acids is 2. The number of aromatic nitrogens is 1. The number of nitrogens with one attached hydrogen (secondary N) is 1. The van der Waals surface area contributed by atoms with Crippen molar-refractivity contribution in [2.24, 2.45) is 11.5 Å². The highest BCUT2D eigenvalue weighted by molar-refractivity contribution is 6.05.